The molecule has 0 radical (unpaired) electrons. The quantitative estimate of drug-likeness (QED) is 0.246. The lowest BCUT2D eigenvalue weighted by Gasteiger charge is -2.15. The van der Waals surface area contributed by atoms with Crippen LogP contribution in [0.4, 0.5) is 0 Å². The Kier molecular flexibility index (Phi) is 15.6. The first-order chi connectivity index (χ1) is 11.9. The van der Waals surface area contributed by atoms with Crippen LogP contribution in [-0.4, -0.2) is 23.7 Å². The van der Waals surface area contributed by atoms with Gasteiger partial charge in [-0.25, -0.2) is 0 Å². The molecule has 1 nitrogen and oxygen atoms in total. The minimum absolute atomic E-state index is 0.604. The molecule has 0 aliphatic carbocycles. The van der Waals surface area contributed by atoms with Crippen LogP contribution < -0.4 is 0 Å². The van der Waals surface area contributed by atoms with Crippen molar-refractivity contribution in [2.45, 2.75) is 128 Å². The van der Waals surface area contributed by atoms with Gasteiger partial charge in [0.2, 0.25) is 0 Å². The third-order valence-corrected chi connectivity index (χ3v) is 6.76. The molecule has 2 unspecified atom stereocenters. The van der Waals surface area contributed by atoms with Crippen molar-refractivity contribution < 1.29 is 4.74 Å². The van der Waals surface area contributed by atoms with Gasteiger partial charge in [-0.3, -0.25) is 0 Å². The molecule has 0 bridgehead atoms. The molecule has 0 spiro atoms. The van der Waals surface area contributed by atoms with Crippen LogP contribution in [-0.2, 0) is 4.74 Å². The number of thioether (sulfide) groups is 1. The molecule has 1 aliphatic rings. The minimum atomic E-state index is 0.604. The fraction of sp³-hybridized carbons (Fsp3) is 1.00. The number of hydrogen-bond donors (Lipinski definition) is 0. The maximum absolute atomic E-state index is 5.70. The first-order valence-corrected chi connectivity index (χ1v) is 12.1. The lowest BCUT2D eigenvalue weighted by Crippen LogP contribution is -2.04. The van der Waals surface area contributed by atoms with E-state index in [1.807, 2.05) is 0 Å². The first-order valence-electron chi connectivity index (χ1n) is 11.1. The zero-order chi connectivity index (χ0) is 17.3. The van der Waals surface area contributed by atoms with E-state index in [0.717, 1.165) is 11.9 Å². The van der Waals surface area contributed by atoms with E-state index in [9.17, 15) is 0 Å². The molecule has 1 fully saturated rings. The summed E-state index contributed by atoms with van der Waals surface area (Å²) >= 11 is 2.27. The summed E-state index contributed by atoms with van der Waals surface area (Å²) in [6, 6.07) is 0. The van der Waals surface area contributed by atoms with Crippen molar-refractivity contribution in [1.29, 1.82) is 0 Å². The Bertz CT molecular complexity index is 250. The lowest BCUT2D eigenvalue weighted by atomic mass is 10.1. The van der Waals surface area contributed by atoms with Gasteiger partial charge in [-0.15, -0.1) is 0 Å². The molecule has 2 atom stereocenters. The average molecular weight is 357 g/mol. The topological polar surface area (TPSA) is 9.23 Å². The molecule has 0 aromatic heterocycles. The van der Waals surface area contributed by atoms with Crippen LogP contribution in [0.15, 0.2) is 0 Å². The van der Waals surface area contributed by atoms with Crippen LogP contribution >= 0.6 is 11.8 Å². The van der Waals surface area contributed by atoms with Crippen LogP contribution in [0.5, 0.6) is 0 Å². The van der Waals surface area contributed by atoms with Crippen molar-refractivity contribution in [3.05, 3.63) is 0 Å². The Morgan fingerprint density at radius 2 is 1.58 bits per heavy atom. The standard InChI is InChI=1S/C22H44OS/c1-3-5-6-8-12-18-22(15-4-2)24-20-13-10-7-9-11-16-21-17-14-19-23-21/h21-22H,3-20H2,1-2H3. The normalized spacial score (nSPS) is 19.0. The van der Waals surface area contributed by atoms with Crippen LogP contribution in [0.2, 0.25) is 0 Å². The van der Waals surface area contributed by atoms with Gasteiger partial charge < -0.3 is 4.74 Å². The highest BCUT2D eigenvalue weighted by Gasteiger charge is 2.14. The second-order valence-electron chi connectivity index (χ2n) is 7.68. The molecule has 2 heteroatoms. The molecule has 24 heavy (non-hydrogen) atoms. The van der Waals surface area contributed by atoms with Gasteiger partial charge in [-0.2, -0.15) is 11.8 Å². The van der Waals surface area contributed by atoms with E-state index in [-0.39, 0.29) is 0 Å². The van der Waals surface area contributed by atoms with Gasteiger partial charge in [-0.05, 0) is 44.3 Å². The summed E-state index contributed by atoms with van der Waals surface area (Å²) in [4.78, 5) is 0. The summed E-state index contributed by atoms with van der Waals surface area (Å²) < 4.78 is 5.70. The molecule has 1 heterocycles. The van der Waals surface area contributed by atoms with Crippen LogP contribution in [0.25, 0.3) is 0 Å². The lowest BCUT2D eigenvalue weighted by molar-refractivity contribution is 0.102. The number of rotatable bonds is 17. The van der Waals surface area contributed by atoms with E-state index in [1.165, 1.54) is 108 Å². The summed E-state index contributed by atoms with van der Waals surface area (Å²) in [6.45, 7) is 5.66. The fourth-order valence-corrected chi connectivity index (χ4v) is 5.17. The highest BCUT2D eigenvalue weighted by Crippen LogP contribution is 2.24. The molecule has 0 saturated carbocycles. The third kappa shape index (κ3) is 12.6. The molecule has 0 aromatic rings. The van der Waals surface area contributed by atoms with Gasteiger partial charge in [0.15, 0.2) is 0 Å². The monoisotopic (exact) mass is 356 g/mol. The van der Waals surface area contributed by atoms with Gasteiger partial charge in [0.1, 0.15) is 0 Å². The van der Waals surface area contributed by atoms with E-state index < -0.39 is 0 Å². The summed E-state index contributed by atoms with van der Waals surface area (Å²) in [5, 5.41) is 0.941. The zero-order valence-corrected chi connectivity index (χ0v) is 17.5. The maximum Gasteiger partial charge on any atom is 0.0576 e. The number of unbranched alkanes of at least 4 members (excludes halogenated alkanes) is 8. The molecule has 1 saturated heterocycles. The highest BCUT2D eigenvalue weighted by atomic mass is 32.2. The Morgan fingerprint density at radius 1 is 0.833 bits per heavy atom. The van der Waals surface area contributed by atoms with E-state index in [0.29, 0.717) is 6.10 Å². The highest BCUT2D eigenvalue weighted by molar-refractivity contribution is 7.99. The summed E-state index contributed by atoms with van der Waals surface area (Å²) in [5.41, 5.74) is 0. The summed E-state index contributed by atoms with van der Waals surface area (Å²) in [7, 11) is 0. The molecule has 0 amide bonds. The Balaban J connectivity index is 1.88. The van der Waals surface area contributed by atoms with Crippen molar-refractivity contribution in [2.24, 2.45) is 0 Å². The zero-order valence-electron chi connectivity index (χ0n) is 16.7. The van der Waals surface area contributed by atoms with Gasteiger partial charge in [0, 0.05) is 11.9 Å². The Hall–Kier alpha value is 0.310. The van der Waals surface area contributed by atoms with Crippen molar-refractivity contribution in [1.82, 2.24) is 0 Å². The van der Waals surface area contributed by atoms with Gasteiger partial charge in [0.05, 0.1) is 6.10 Å². The summed E-state index contributed by atoms with van der Waals surface area (Å²) in [6.07, 6.45) is 23.0. The summed E-state index contributed by atoms with van der Waals surface area (Å²) in [5.74, 6) is 1.39. The van der Waals surface area contributed by atoms with E-state index in [2.05, 4.69) is 25.6 Å². The predicted molar refractivity (Wildman–Crippen MR) is 111 cm³/mol. The van der Waals surface area contributed by atoms with Gasteiger partial charge >= 0.3 is 0 Å². The number of ether oxygens (including phenoxy) is 1. The maximum atomic E-state index is 5.70. The van der Waals surface area contributed by atoms with E-state index >= 15 is 0 Å². The first kappa shape index (κ1) is 22.4. The Morgan fingerprint density at radius 3 is 2.33 bits per heavy atom. The van der Waals surface area contributed by atoms with Crippen LogP contribution in [0, 0.1) is 0 Å². The molecular weight excluding hydrogens is 312 g/mol. The fourth-order valence-electron chi connectivity index (χ4n) is 3.73. The van der Waals surface area contributed by atoms with Crippen molar-refractivity contribution in [2.75, 3.05) is 12.4 Å². The molecule has 144 valence electrons. The average Bonchev–Trinajstić information content (AvgIpc) is 3.10. The van der Waals surface area contributed by atoms with E-state index in [1.54, 1.807) is 0 Å². The van der Waals surface area contributed by atoms with Crippen molar-refractivity contribution >= 4 is 11.8 Å². The molecular formula is C22H44OS. The second-order valence-corrected chi connectivity index (χ2v) is 9.08. The van der Waals surface area contributed by atoms with Crippen molar-refractivity contribution in [3.63, 3.8) is 0 Å². The molecule has 0 aromatic carbocycles. The molecule has 1 aliphatic heterocycles. The number of hydrogen-bond acceptors (Lipinski definition) is 2. The molecule has 1 rings (SSSR count). The Labute approximate surface area is 157 Å². The van der Waals surface area contributed by atoms with Crippen LogP contribution in [0.3, 0.4) is 0 Å². The second kappa shape index (κ2) is 16.8. The molecule has 0 N–H and O–H groups in total. The predicted octanol–water partition coefficient (Wildman–Crippen LogP) is 7.77. The SMILES string of the molecule is CCCCCCCC(CCC)SCCCCCCCC1CCCO1. The van der Waals surface area contributed by atoms with Crippen LogP contribution in [0.1, 0.15) is 117 Å². The van der Waals surface area contributed by atoms with E-state index in [4.69, 9.17) is 4.74 Å². The minimum Gasteiger partial charge on any atom is -0.378 e. The van der Waals surface area contributed by atoms with Crippen molar-refractivity contribution in [3.8, 4) is 0 Å². The smallest absolute Gasteiger partial charge is 0.0576 e. The third-order valence-electron chi connectivity index (χ3n) is 5.29. The largest absolute Gasteiger partial charge is 0.378 e. The van der Waals surface area contributed by atoms with Gasteiger partial charge in [0.25, 0.3) is 0 Å². The van der Waals surface area contributed by atoms with Gasteiger partial charge in [-0.1, -0.05) is 78.1 Å².